The quantitative estimate of drug-likeness (QED) is 0.566. The zero-order valence-corrected chi connectivity index (χ0v) is 11.4. The van der Waals surface area contributed by atoms with E-state index in [-0.39, 0.29) is 0 Å². The summed E-state index contributed by atoms with van der Waals surface area (Å²) in [7, 11) is 0. The molecule has 1 saturated carbocycles. The van der Waals surface area contributed by atoms with Gasteiger partial charge in [0, 0.05) is 0 Å². The summed E-state index contributed by atoms with van der Waals surface area (Å²) >= 11 is 0. The van der Waals surface area contributed by atoms with Gasteiger partial charge in [0.05, 0.1) is 0 Å². The molecule has 15 heavy (non-hydrogen) atoms. The van der Waals surface area contributed by atoms with Crippen molar-refractivity contribution in [3.8, 4) is 0 Å². The Morgan fingerprint density at radius 3 is 2.27 bits per heavy atom. The van der Waals surface area contributed by atoms with Crippen molar-refractivity contribution in [2.24, 2.45) is 29.6 Å². The zero-order chi connectivity index (χ0) is 11.4. The van der Waals surface area contributed by atoms with Crippen molar-refractivity contribution in [1.29, 1.82) is 0 Å². The lowest BCUT2D eigenvalue weighted by Crippen LogP contribution is -2.19. The molecular formula is C15H30. The fraction of sp³-hybridized carbons (Fsp3) is 1.00. The van der Waals surface area contributed by atoms with Gasteiger partial charge < -0.3 is 0 Å². The fourth-order valence-corrected chi connectivity index (χ4v) is 3.56. The van der Waals surface area contributed by atoms with Crippen LogP contribution >= 0.6 is 0 Å². The second kappa shape index (κ2) is 5.92. The van der Waals surface area contributed by atoms with Gasteiger partial charge in [-0.3, -0.25) is 0 Å². The third-order valence-corrected chi connectivity index (χ3v) is 4.69. The van der Waals surface area contributed by atoms with Crippen LogP contribution in [0.15, 0.2) is 0 Å². The summed E-state index contributed by atoms with van der Waals surface area (Å²) in [5.74, 6) is 4.78. The highest BCUT2D eigenvalue weighted by Crippen LogP contribution is 2.40. The molecule has 4 unspecified atom stereocenters. The third-order valence-electron chi connectivity index (χ3n) is 4.69. The topological polar surface area (TPSA) is 0 Å². The Balaban J connectivity index is 2.60. The summed E-state index contributed by atoms with van der Waals surface area (Å²) < 4.78 is 0. The van der Waals surface area contributed by atoms with E-state index < -0.39 is 0 Å². The summed E-state index contributed by atoms with van der Waals surface area (Å²) in [5, 5.41) is 0. The first-order chi connectivity index (χ1) is 7.06. The molecule has 1 fully saturated rings. The molecule has 0 amide bonds. The van der Waals surface area contributed by atoms with E-state index in [0.717, 1.165) is 29.6 Å². The highest BCUT2D eigenvalue weighted by atomic mass is 14.4. The zero-order valence-electron chi connectivity index (χ0n) is 11.4. The van der Waals surface area contributed by atoms with Crippen LogP contribution in [0.1, 0.15) is 66.7 Å². The minimum atomic E-state index is 0.878. The van der Waals surface area contributed by atoms with Crippen LogP contribution in [0.2, 0.25) is 0 Å². The molecule has 0 radical (unpaired) electrons. The van der Waals surface area contributed by atoms with Crippen LogP contribution in [0, 0.1) is 29.6 Å². The van der Waals surface area contributed by atoms with E-state index in [4.69, 9.17) is 0 Å². The molecule has 0 aromatic carbocycles. The molecular weight excluding hydrogens is 180 g/mol. The van der Waals surface area contributed by atoms with E-state index >= 15 is 0 Å². The minimum Gasteiger partial charge on any atom is -0.0654 e. The minimum absolute atomic E-state index is 0.878. The van der Waals surface area contributed by atoms with Gasteiger partial charge in [-0.25, -0.2) is 0 Å². The van der Waals surface area contributed by atoms with E-state index in [2.05, 4.69) is 34.6 Å². The van der Waals surface area contributed by atoms with Crippen molar-refractivity contribution < 1.29 is 0 Å². The summed E-state index contributed by atoms with van der Waals surface area (Å²) in [6.07, 6.45) is 7.26. The maximum absolute atomic E-state index is 2.49. The standard InChI is InChI=1S/C15H30/c1-6-7-14-9-8-12(4)15(11(2)3)10-13(14)5/h11-15H,6-10H2,1-5H3. The van der Waals surface area contributed by atoms with Crippen molar-refractivity contribution in [1.82, 2.24) is 0 Å². The Labute approximate surface area is 96.8 Å². The highest BCUT2D eigenvalue weighted by Gasteiger charge is 2.30. The summed E-state index contributed by atoms with van der Waals surface area (Å²) in [6, 6.07) is 0. The monoisotopic (exact) mass is 210 g/mol. The Morgan fingerprint density at radius 1 is 1.07 bits per heavy atom. The van der Waals surface area contributed by atoms with Gasteiger partial charge in [-0.05, 0) is 42.4 Å². The molecule has 0 heteroatoms. The largest absolute Gasteiger partial charge is 0.0654 e. The summed E-state index contributed by atoms with van der Waals surface area (Å²) in [6.45, 7) is 12.1. The molecule has 0 saturated heterocycles. The van der Waals surface area contributed by atoms with Gasteiger partial charge in [0.25, 0.3) is 0 Å². The predicted molar refractivity (Wildman–Crippen MR) is 68.9 cm³/mol. The van der Waals surface area contributed by atoms with E-state index in [1.165, 1.54) is 32.1 Å². The van der Waals surface area contributed by atoms with Gasteiger partial charge in [0.2, 0.25) is 0 Å². The smallest absolute Gasteiger partial charge is 0.0363 e. The Bertz CT molecular complexity index is 171. The van der Waals surface area contributed by atoms with E-state index in [9.17, 15) is 0 Å². The molecule has 1 aliphatic rings. The van der Waals surface area contributed by atoms with E-state index in [1.807, 2.05) is 0 Å². The van der Waals surface area contributed by atoms with Crippen molar-refractivity contribution >= 4 is 0 Å². The maximum Gasteiger partial charge on any atom is -0.0363 e. The fourth-order valence-electron chi connectivity index (χ4n) is 3.56. The first-order valence-corrected chi connectivity index (χ1v) is 7.06. The van der Waals surface area contributed by atoms with Crippen LogP contribution < -0.4 is 0 Å². The summed E-state index contributed by atoms with van der Waals surface area (Å²) in [5.41, 5.74) is 0. The summed E-state index contributed by atoms with van der Waals surface area (Å²) in [4.78, 5) is 0. The normalized spacial score (nSPS) is 38.0. The highest BCUT2D eigenvalue weighted by molar-refractivity contribution is 4.80. The SMILES string of the molecule is CCCC1CCC(C)C(C(C)C)CC1C. The molecule has 0 aliphatic heterocycles. The second-order valence-electron chi connectivity index (χ2n) is 6.22. The molecule has 90 valence electrons. The third kappa shape index (κ3) is 3.50. The van der Waals surface area contributed by atoms with Crippen molar-refractivity contribution in [3.63, 3.8) is 0 Å². The molecule has 1 rings (SSSR count). The molecule has 0 aromatic rings. The van der Waals surface area contributed by atoms with Crippen LogP contribution in [0.5, 0.6) is 0 Å². The lowest BCUT2D eigenvalue weighted by atomic mass is 9.78. The van der Waals surface area contributed by atoms with Gasteiger partial charge in [0.1, 0.15) is 0 Å². The molecule has 0 N–H and O–H groups in total. The molecule has 1 aliphatic carbocycles. The maximum atomic E-state index is 2.49. The molecule has 0 heterocycles. The lowest BCUT2D eigenvalue weighted by Gasteiger charge is -2.27. The van der Waals surface area contributed by atoms with Gasteiger partial charge in [0.15, 0.2) is 0 Å². The van der Waals surface area contributed by atoms with Crippen molar-refractivity contribution in [3.05, 3.63) is 0 Å². The van der Waals surface area contributed by atoms with Crippen LogP contribution in [0.25, 0.3) is 0 Å². The van der Waals surface area contributed by atoms with Crippen molar-refractivity contribution in [2.45, 2.75) is 66.7 Å². The average Bonchev–Trinajstić information content (AvgIpc) is 2.31. The first kappa shape index (κ1) is 13.1. The number of hydrogen-bond donors (Lipinski definition) is 0. The lowest BCUT2D eigenvalue weighted by molar-refractivity contribution is 0.224. The predicted octanol–water partition coefficient (Wildman–Crippen LogP) is 5.13. The number of hydrogen-bond acceptors (Lipinski definition) is 0. The van der Waals surface area contributed by atoms with Gasteiger partial charge in [-0.1, -0.05) is 53.9 Å². The molecule has 0 spiro atoms. The molecule has 0 nitrogen and oxygen atoms in total. The van der Waals surface area contributed by atoms with E-state index in [1.54, 1.807) is 0 Å². The van der Waals surface area contributed by atoms with E-state index in [0.29, 0.717) is 0 Å². The van der Waals surface area contributed by atoms with Gasteiger partial charge in [-0.15, -0.1) is 0 Å². The molecule has 0 bridgehead atoms. The first-order valence-electron chi connectivity index (χ1n) is 7.06. The Hall–Kier alpha value is 0. The molecule has 0 aromatic heterocycles. The Kier molecular flexibility index (Phi) is 5.15. The van der Waals surface area contributed by atoms with Crippen molar-refractivity contribution in [2.75, 3.05) is 0 Å². The molecule has 4 atom stereocenters. The van der Waals surface area contributed by atoms with Crippen LogP contribution in [-0.2, 0) is 0 Å². The average molecular weight is 210 g/mol. The van der Waals surface area contributed by atoms with Crippen LogP contribution in [0.3, 0.4) is 0 Å². The second-order valence-corrected chi connectivity index (χ2v) is 6.22. The van der Waals surface area contributed by atoms with Crippen LogP contribution in [0.4, 0.5) is 0 Å². The van der Waals surface area contributed by atoms with Gasteiger partial charge >= 0.3 is 0 Å². The number of rotatable bonds is 3. The van der Waals surface area contributed by atoms with Gasteiger partial charge in [-0.2, -0.15) is 0 Å². The van der Waals surface area contributed by atoms with Crippen LogP contribution in [-0.4, -0.2) is 0 Å². The Morgan fingerprint density at radius 2 is 1.73 bits per heavy atom.